The fourth-order valence-electron chi connectivity index (χ4n) is 5.56. The highest BCUT2D eigenvalue weighted by Gasteiger charge is 2.27. The second kappa shape index (κ2) is 11.7. The molecule has 2 aliphatic carbocycles. The molecule has 34 heavy (non-hydrogen) atoms. The lowest BCUT2D eigenvalue weighted by Gasteiger charge is -2.29. The van der Waals surface area contributed by atoms with Gasteiger partial charge in [0.05, 0.1) is 19.3 Å². The predicted molar refractivity (Wildman–Crippen MR) is 128 cm³/mol. The third-order valence-corrected chi connectivity index (χ3v) is 7.77. The van der Waals surface area contributed by atoms with Crippen LogP contribution in [-0.4, -0.2) is 12.7 Å². The Hall–Kier alpha value is -1.85. The van der Waals surface area contributed by atoms with Crippen molar-refractivity contribution in [2.45, 2.75) is 96.4 Å². The molecule has 2 aliphatic rings. The van der Waals surface area contributed by atoms with E-state index in [4.69, 9.17) is 9.47 Å². The molecule has 0 heterocycles. The molecule has 2 fully saturated rings. The van der Waals surface area contributed by atoms with Crippen molar-refractivity contribution in [3.8, 4) is 0 Å². The lowest BCUT2D eigenvalue weighted by Crippen LogP contribution is -2.21. The normalized spacial score (nSPS) is 25.4. The van der Waals surface area contributed by atoms with E-state index in [1.165, 1.54) is 0 Å². The average Bonchev–Trinajstić information content (AvgIpc) is 2.85. The summed E-state index contributed by atoms with van der Waals surface area (Å²) in [7, 11) is 0. The molecule has 186 valence electrons. The predicted octanol–water partition coefficient (Wildman–Crippen LogP) is 8.18. The van der Waals surface area contributed by atoms with E-state index >= 15 is 0 Å². The van der Waals surface area contributed by atoms with Gasteiger partial charge in [0, 0.05) is 12.2 Å². The summed E-state index contributed by atoms with van der Waals surface area (Å²) in [5.41, 5.74) is 2.39. The zero-order valence-electron chi connectivity index (χ0n) is 20.4. The minimum atomic E-state index is -0.765. The highest BCUT2D eigenvalue weighted by molar-refractivity contribution is 5.29. The molecule has 0 amide bonds. The smallest absolute Gasteiger partial charge is 0.164 e. The Morgan fingerprint density at radius 1 is 0.765 bits per heavy atom. The monoisotopic (exact) mass is 474 g/mol. The first-order valence-electron chi connectivity index (χ1n) is 12.9. The summed E-state index contributed by atoms with van der Waals surface area (Å²) >= 11 is 0. The van der Waals surface area contributed by atoms with E-state index in [2.05, 4.69) is 6.92 Å². The van der Waals surface area contributed by atoms with Crippen LogP contribution in [0.4, 0.5) is 13.2 Å². The number of hydrogen-bond acceptors (Lipinski definition) is 2. The van der Waals surface area contributed by atoms with Gasteiger partial charge < -0.3 is 9.47 Å². The van der Waals surface area contributed by atoms with Crippen LogP contribution in [0.2, 0.25) is 0 Å². The van der Waals surface area contributed by atoms with Crippen LogP contribution in [0, 0.1) is 23.4 Å². The van der Waals surface area contributed by atoms with Crippen molar-refractivity contribution in [3.63, 3.8) is 0 Å². The summed E-state index contributed by atoms with van der Waals surface area (Å²) < 4.78 is 55.5. The van der Waals surface area contributed by atoms with Crippen molar-refractivity contribution in [2.75, 3.05) is 6.61 Å². The molecule has 0 atom stereocenters. The van der Waals surface area contributed by atoms with Gasteiger partial charge >= 0.3 is 0 Å². The average molecular weight is 475 g/mol. The summed E-state index contributed by atoms with van der Waals surface area (Å²) in [6, 6.07) is 8.83. The first kappa shape index (κ1) is 25.2. The molecule has 0 radical (unpaired) electrons. The topological polar surface area (TPSA) is 18.5 Å². The van der Waals surface area contributed by atoms with Gasteiger partial charge in [-0.2, -0.15) is 0 Å². The summed E-state index contributed by atoms with van der Waals surface area (Å²) in [6.45, 7) is 5.24. The van der Waals surface area contributed by atoms with Crippen LogP contribution >= 0.6 is 0 Å². The Bertz CT molecular complexity index is 945. The number of benzene rings is 2. The zero-order chi connectivity index (χ0) is 24.1. The molecular formula is C29H37F3O2. The Morgan fingerprint density at radius 3 is 2.09 bits per heavy atom. The Labute approximate surface area is 201 Å². The summed E-state index contributed by atoms with van der Waals surface area (Å²) in [5, 5.41) is 0. The van der Waals surface area contributed by atoms with E-state index in [0.717, 1.165) is 62.5 Å². The van der Waals surface area contributed by atoms with Gasteiger partial charge in [-0.15, -0.1) is 0 Å². The van der Waals surface area contributed by atoms with Crippen LogP contribution in [0.1, 0.15) is 99.3 Å². The number of ether oxygens (including phenoxy) is 2. The van der Waals surface area contributed by atoms with Crippen molar-refractivity contribution in [1.29, 1.82) is 0 Å². The van der Waals surface area contributed by atoms with Crippen molar-refractivity contribution in [2.24, 2.45) is 5.92 Å². The van der Waals surface area contributed by atoms with Crippen LogP contribution in [0.15, 0.2) is 30.3 Å². The number of halogens is 3. The highest BCUT2D eigenvalue weighted by Crippen LogP contribution is 2.38. The molecule has 0 saturated heterocycles. The lowest BCUT2D eigenvalue weighted by molar-refractivity contribution is 0.0116. The summed E-state index contributed by atoms with van der Waals surface area (Å²) in [6.07, 6.45) is 7.18. The molecule has 4 rings (SSSR count). The molecule has 0 N–H and O–H groups in total. The van der Waals surface area contributed by atoms with Gasteiger partial charge in [0.25, 0.3) is 0 Å². The Morgan fingerprint density at radius 2 is 1.41 bits per heavy atom. The lowest BCUT2D eigenvalue weighted by atomic mass is 9.79. The number of rotatable bonds is 8. The fraction of sp³-hybridized carbons (Fsp3) is 0.586. The molecule has 2 aromatic rings. The van der Waals surface area contributed by atoms with E-state index in [1.54, 1.807) is 18.2 Å². The molecule has 0 spiro atoms. The van der Waals surface area contributed by atoms with E-state index in [0.29, 0.717) is 24.7 Å². The molecular weight excluding hydrogens is 437 g/mol. The summed E-state index contributed by atoms with van der Waals surface area (Å²) in [5.74, 6) is -0.696. The van der Waals surface area contributed by atoms with Gasteiger partial charge in [0.1, 0.15) is 5.82 Å². The van der Waals surface area contributed by atoms with E-state index < -0.39 is 11.6 Å². The second-order valence-electron chi connectivity index (χ2n) is 10.2. The molecule has 5 heteroatoms. The quantitative estimate of drug-likeness (QED) is 0.384. The standard InChI is InChI=1S/C29H37F3O2/c1-3-33-17-20-6-14-25(27(30)16-20)21-9-12-24(13-10-21)34-18-23-11-15-26(29(32)28(23)31)22-7-4-19(2)5-8-22/h6,11,14-16,19,21-22,24H,3-5,7-10,12-13,17-18H2,1-2H3. The third kappa shape index (κ3) is 6.04. The van der Waals surface area contributed by atoms with E-state index in [1.807, 2.05) is 19.1 Å². The third-order valence-electron chi connectivity index (χ3n) is 7.77. The van der Waals surface area contributed by atoms with Gasteiger partial charge in [-0.3, -0.25) is 0 Å². The molecule has 0 aromatic heterocycles. The van der Waals surface area contributed by atoms with E-state index in [-0.39, 0.29) is 35.9 Å². The maximum Gasteiger partial charge on any atom is 0.164 e. The van der Waals surface area contributed by atoms with E-state index in [9.17, 15) is 13.2 Å². The van der Waals surface area contributed by atoms with Crippen LogP contribution < -0.4 is 0 Å². The second-order valence-corrected chi connectivity index (χ2v) is 10.2. The van der Waals surface area contributed by atoms with Crippen LogP contribution in [0.5, 0.6) is 0 Å². The van der Waals surface area contributed by atoms with Crippen molar-refractivity contribution in [1.82, 2.24) is 0 Å². The molecule has 0 unspecified atom stereocenters. The molecule has 0 aliphatic heterocycles. The maximum absolute atomic E-state index is 14.8. The van der Waals surface area contributed by atoms with Gasteiger partial charge in [0.2, 0.25) is 0 Å². The van der Waals surface area contributed by atoms with Gasteiger partial charge in [-0.05, 0) is 86.0 Å². The molecule has 2 saturated carbocycles. The highest BCUT2D eigenvalue weighted by atomic mass is 19.2. The molecule has 2 nitrogen and oxygen atoms in total. The van der Waals surface area contributed by atoms with Gasteiger partial charge in [-0.25, -0.2) is 13.2 Å². The first-order valence-corrected chi connectivity index (χ1v) is 12.9. The SMILES string of the molecule is CCOCc1ccc(C2CCC(OCc3ccc(C4CCC(C)CC4)c(F)c3F)CC2)c(F)c1. The largest absolute Gasteiger partial charge is 0.377 e. The molecule has 0 bridgehead atoms. The van der Waals surface area contributed by atoms with Crippen molar-refractivity contribution < 1.29 is 22.6 Å². The van der Waals surface area contributed by atoms with Gasteiger partial charge in [0.15, 0.2) is 11.6 Å². The first-order chi connectivity index (χ1) is 16.5. The maximum atomic E-state index is 14.8. The van der Waals surface area contributed by atoms with Gasteiger partial charge in [-0.1, -0.05) is 44.0 Å². The summed E-state index contributed by atoms with van der Waals surface area (Å²) in [4.78, 5) is 0. The molecule has 2 aromatic carbocycles. The zero-order valence-corrected chi connectivity index (χ0v) is 20.4. The van der Waals surface area contributed by atoms with Crippen molar-refractivity contribution in [3.05, 3.63) is 70.0 Å². The van der Waals surface area contributed by atoms with Crippen LogP contribution in [0.25, 0.3) is 0 Å². The minimum absolute atomic E-state index is 0.0153. The van der Waals surface area contributed by atoms with Crippen LogP contribution in [-0.2, 0) is 22.7 Å². The fourth-order valence-corrected chi connectivity index (χ4v) is 5.56. The van der Waals surface area contributed by atoms with Crippen molar-refractivity contribution >= 4 is 0 Å². The number of hydrogen-bond donors (Lipinski definition) is 0. The van der Waals surface area contributed by atoms with Crippen LogP contribution in [0.3, 0.4) is 0 Å². The Balaban J connectivity index is 1.29. The Kier molecular flexibility index (Phi) is 8.70. The minimum Gasteiger partial charge on any atom is -0.377 e.